The van der Waals surface area contributed by atoms with Gasteiger partial charge in [-0.05, 0) is 37.6 Å². The first-order valence-electron chi connectivity index (χ1n) is 8.85. The number of carbonyl (C=O) groups excluding carboxylic acids is 2. The molecule has 1 fully saturated rings. The van der Waals surface area contributed by atoms with Crippen molar-refractivity contribution < 1.29 is 14.3 Å². The lowest BCUT2D eigenvalue weighted by Crippen LogP contribution is -2.57. The van der Waals surface area contributed by atoms with Crippen LogP contribution in [0.4, 0.5) is 5.69 Å². The zero-order chi connectivity index (χ0) is 18.7. The van der Waals surface area contributed by atoms with E-state index >= 15 is 0 Å². The zero-order valence-corrected chi connectivity index (χ0v) is 15.4. The molecule has 1 N–H and O–H groups in total. The van der Waals surface area contributed by atoms with E-state index in [1.165, 1.54) is 0 Å². The number of anilines is 1. The van der Waals surface area contributed by atoms with Gasteiger partial charge < -0.3 is 14.5 Å². The fraction of sp³-hybridized carbons (Fsp3) is 0.421. The predicted octanol–water partition coefficient (Wildman–Crippen LogP) is 2.25. The predicted molar refractivity (Wildman–Crippen MR) is 98.4 cm³/mol. The molecule has 138 valence electrons. The SMILES string of the molecule is CCCc1[nH]ncc1C(=O)N1CCN(c2ccc(OC)cc2)C(=O)[C@H]1C. The van der Waals surface area contributed by atoms with E-state index in [-0.39, 0.29) is 11.8 Å². The topological polar surface area (TPSA) is 78.5 Å². The first kappa shape index (κ1) is 18.0. The van der Waals surface area contributed by atoms with Crippen LogP contribution in [0.3, 0.4) is 0 Å². The van der Waals surface area contributed by atoms with Gasteiger partial charge in [0.1, 0.15) is 11.8 Å². The van der Waals surface area contributed by atoms with Crippen molar-refractivity contribution in [1.29, 1.82) is 0 Å². The van der Waals surface area contributed by atoms with E-state index in [9.17, 15) is 9.59 Å². The first-order valence-corrected chi connectivity index (χ1v) is 8.85. The Morgan fingerprint density at radius 1 is 1.31 bits per heavy atom. The Bertz CT molecular complexity index is 784. The number of carbonyl (C=O) groups is 2. The number of H-pyrrole nitrogens is 1. The van der Waals surface area contributed by atoms with E-state index in [0.29, 0.717) is 18.7 Å². The number of nitrogens with zero attached hydrogens (tertiary/aromatic N) is 3. The van der Waals surface area contributed by atoms with Crippen LogP contribution in [0, 0.1) is 0 Å². The van der Waals surface area contributed by atoms with Gasteiger partial charge in [0.2, 0.25) is 5.91 Å². The average Bonchev–Trinajstić information content (AvgIpc) is 3.12. The third-order valence-corrected chi connectivity index (χ3v) is 4.75. The van der Waals surface area contributed by atoms with Gasteiger partial charge in [0.25, 0.3) is 5.91 Å². The van der Waals surface area contributed by atoms with Crippen molar-refractivity contribution in [3.63, 3.8) is 0 Å². The van der Waals surface area contributed by atoms with Gasteiger partial charge in [0.05, 0.1) is 18.9 Å². The number of hydrogen-bond donors (Lipinski definition) is 1. The number of aromatic nitrogens is 2. The molecule has 0 bridgehead atoms. The highest BCUT2D eigenvalue weighted by Gasteiger charge is 2.36. The summed E-state index contributed by atoms with van der Waals surface area (Å²) in [5.41, 5.74) is 2.20. The van der Waals surface area contributed by atoms with Gasteiger partial charge in [0, 0.05) is 24.5 Å². The van der Waals surface area contributed by atoms with Crippen molar-refractivity contribution in [1.82, 2.24) is 15.1 Å². The number of hydrogen-bond acceptors (Lipinski definition) is 4. The van der Waals surface area contributed by atoms with Gasteiger partial charge in [-0.15, -0.1) is 0 Å². The second kappa shape index (κ2) is 7.59. The molecule has 1 aliphatic heterocycles. The Morgan fingerprint density at radius 2 is 2.04 bits per heavy atom. The minimum absolute atomic E-state index is 0.0877. The van der Waals surface area contributed by atoms with Crippen LogP contribution >= 0.6 is 0 Å². The highest BCUT2D eigenvalue weighted by atomic mass is 16.5. The second-order valence-electron chi connectivity index (χ2n) is 6.37. The van der Waals surface area contributed by atoms with E-state index < -0.39 is 6.04 Å². The molecular formula is C19H24N4O3. The molecule has 1 aromatic heterocycles. The maximum atomic E-state index is 12.9. The van der Waals surface area contributed by atoms with E-state index in [4.69, 9.17) is 4.74 Å². The Balaban J connectivity index is 1.76. The van der Waals surface area contributed by atoms with Crippen LogP contribution in [0.15, 0.2) is 30.5 Å². The number of amides is 2. The Hall–Kier alpha value is -2.83. The standard InChI is InChI=1S/C19H24N4O3/c1-4-5-17-16(12-20-21-17)19(25)22-10-11-23(18(24)13(22)2)14-6-8-15(26-3)9-7-14/h6-9,12-13H,4-5,10-11H2,1-3H3,(H,20,21)/t13-/m1/s1. The number of benzene rings is 1. The minimum Gasteiger partial charge on any atom is -0.497 e. The maximum Gasteiger partial charge on any atom is 0.258 e. The second-order valence-corrected chi connectivity index (χ2v) is 6.37. The smallest absolute Gasteiger partial charge is 0.258 e. The molecule has 2 heterocycles. The Kier molecular flexibility index (Phi) is 5.25. The minimum atomic E-state index is -0.525. The Morgan fingerprint density at radius 3 is 2.69 bits per heavy atom. The van der Waals surface area contributed by atoms with Crippen LogP contribution in [0.5, 0.6) is 5.75 Å². The van der Waals surface area contributed by atoms with Gasteiger partial charge in [0.15, 0.2) is 0 Å². The number of rotatable bonds is 5. The van der Waals surface area contributed by atoms with Crippen molar-refractivity contribution in [3.05, 3.63) is 41.7 Å². The van der Waals surface area contributed by atoms with Crippen molar-refractivity contribution in [2.24, 2.45) is 0 Å². The number of ether oxygens (including phenoxy) is 1. The molecule has 0 radical (unpaired) electrons. The molecular weight excluding hydrogens is 332 g/mol. The molecule has 0 saturated carbocycles. The van der Waals surface area contributed by atoms with E-state index in [0.717, 1.165) is 30.0 Å². The lowest BCUT2D eigenvalue weighted by atomic mass is 10.1. The summed E-state index contributed by atoms with van der Waals surface area (Å²) in [6.45, 7) is 4.76. The van der Waals surface area contributed by atoms with Crippen LogP contribution < -0.4 is 9.64 Å². The Labute approximate surface area is 152 Å². The summed E-state index contributed by atoms with van der Waals surface area (Å²) in [5, 5.41) is 6.89. The third-order valence-electron chi connectivity index (χ3n) is 4.75. The summed E-state index contributed by atoms with van der Waals surface area (Å²) in [5.74, 6) is 0.513. The molecule has 3 rings (SSSR count). The molecule has 1 atom stereocenters. The molecule has 2 amide bonds. The average molecular weight is 356 g/mol. The van der Waals surface area contributed by atoms with Gasteiger partial charge in [-0.2, -0.15) is 5.10 Å². The first-order chi connectivity index (χ1) is 12.6. The molecule has 0 unspecified atom stereocenters. The van der Waals surface area contributed by atoms with Gasteiger partial charge in [-0.1, -0.05) is 13.3 Å². The maximum absolute atomic E-state index is 12.9. The summed E-state index contributed by atoms with van der Waals surface area (Å²) in [6, 6.07) is 6.84. The fourth-order valence-corrected chi connectivity index (χ4v) is 3.26. The van der Waals surface area contributed by atoms with E-state index in [2.05, 4.69) is 17.1 Å². The highest BCUT2D eigenvalue weighted by Crippen LogP contribution is 2.24. The molecule has 2 aromatic rings. The summed E-state index contributed by atoms with van der Waals surface area (Å²) < 4.78 is 5.16. The van der Waals surface area contributed by atoms with Gasteiger partial charge in [-0.3, -0.25) is 14.7 Å². The number of aromatic amines is 1. The summed E-state index contributed by atoms with van der Waals surface area (Å²) >= 11 is 0. The van der Waals surface area contributed by atoms with Crippen molar-refractivity contribution >= 4 is 17.5 Å². The lowest BCUT2D eigenvalue weighted by molar-refractivity contribution is -0.124. The summed E-state index contributed by atoms with van der Waals surface area (Å²) in [4.78, 5) is 29.1. The van der Waals surface area contributed by atoms with Gasteiger partial charge >= 0.3 is 0 Å². The lowest BCUT2D eigenvalue weighted by Gasteiger charge is -2.39. The number of aryl methyl sites for hydroxylation is 1. The van der Waals surface area contributed by atoms with Crippen LogP contribution in [-0.2, 0) is 11.2 Å². The number of piperazine rings is 1. The van der Waals surface area contributed by atoms with Crippen LogP contribution in [0.2, 0.25) is 0 Å². The fourth-order valence-electron chi connectivity index (χ4n) is 3.26. The molecule has 26 heavy (non-hydrogen) atoms. The van der Waals surface area contributed by atoms with E-state index in [1.54, 1.807) is 30.0 Å². The van der Waals surface area contributed by atoms with Crippen LogP contribution in [0.1, 0.15) is 36.3 Å². The highest BCUT2D eigenvalue weighted by molar-refractivity contribution is 6.03. The molecule has 0 aliphatic carbocycles. The monoisotopic (exact) mass is 356 g/mol. The zero-order valence-electron chi connectivity index (χ0n) is 15.4. The van der Waals surface area contributed by atoms with Crippen molar-refractivity contribution in [3.8, 4) is 5.75 Å². The molecule has 1 saturated heterocycles. The van der Waals surface area contributed by atoms with Gasteiger partial charge in [-0.25, -0.2) is 0 Å². The quantitative estimate of drug-likeness (QED) is 0.891. The molecule has 1 aliphatic rings. The van der Waals surface area contributed by atoms with Crippen LogP contribution in [0.25, 0.3) is 0 Å². The van der Waals surface area contributed by atoms with Crippen molar-refractivity contribution in [2.75, 3.05) is 25.1 Å². The number of methoxy groups -OCH3 is 1. The molecule has 1 aromatic carbocycles. The van der Waals surface area contributed by atoms with Crippen LogP contribution in [-0.4, -0.2) is 53.2 Å². The summed E-state index contributed by atoms with van der Waals surface area (Å²) in [6.07, 6.45) is 3.23. The molecule has 7 nitrogen and oxygen atoms in total. The summed E-state index contributed by atoms with van der Waals surface area (Å²) in [7, 11) is 1.61. The van der Waals surface area contributed by atoms with Crippen molar-refractivity contribution in [2.45, 2.75) is 32.7 Å². The third kappa shape index (κ3) is 3.29. The van der Waals surface area contributed by atoms with E-state index in [1.807, 2.05) is 24.3 Å². The molecule has 7 heteroatoms. The number of nitrogens with one attached hydrogen (secondary N) is 1. The normalized spacial score (nSPS) is 17.5. The molecule has 0 spiro atoms. The largest absolute Gasteiger partial charge is 0.497 e.